The van der Waals surface area contributed by atoms with Crippen LogP contribution in [0.1, 0.15) is 99.7 Å². The van der Waals surface area contributed by atoms with Crippen LogP contribution < -0.4 is 0 Å². The summed E-state index contributed by atoms with van der Waals surface area (Å²) < 4.78 is 56.9. The van der Waals surface area contributed by atoms with Crippen molar-refractivity contribution in [1.29, 1.82) is 0 Å². The molecule has 8 rings (SSSR count). The molecule has 4 aliphatic carbocycles. The van der Waals surface area contributed by atoms with Gasteiger partial charge >= 0.3 is 35.8 Å². The number of furan rings is 1. The van der Waals surface area contributed by atoms with Gasteiger partial charge in [-0.15, -0.1) is 0 Å². The fraction of sp³-hybridized carbons (Fsp3) is 0.750. The normalized spacial score (nSPS) is 47.3. The van der Waals surface area contributed by atoms with Crippen LogP contribution in [0.15, 0.2) is 23.0 Å². The number of cyclic esters (lactones) is 1. The number of hydrogen-bond acceptors (Lipinski definition) is 17. The van der Waals surface area contributed by atoms with Crippen molar-refractivity contribution in [2.75, 3.05) is 6.61 Å². The molecule has 3 saturated heterocycles. The van der Waals surface area contributed by atoms with Crippen LogP contribution in [0.4, 0.5) is 0 Å². The number of rotatable bonds is 9. The monoisotopic (exact) mass is 802 g/mol. The minimum absolute atomic E-state index is 0.0679. The number of esters is 6. The molecule has 1 aromatic heterocycles. The van der Waals surface area contributed by atoms with Gasteiger partial charge in [-0.2, -0.15) is 0 Å². The molecule has 57 heavy (non-hydrogen) atoms. The first-order valence-electron chi connectivity index (χ1n) is 19.4. The second-order valence-electron chi connectivity index (χ2n) is 17.9. The molecule has 0 amide bonds. The van der Waals surface area contributed by atoms with Gasteiger partial charge in [-0.1, -0.05) is 34.6 Å². The Morgan fingerprint density at radius 2 is 1.61 bits per heavy atom. The summed E-state index contributed by atoms with van der Waals surface area (Å²) in [5.74, 6) is -9.52. The van der Waals surface area contributed by atoms with Gasteiger partial charge in [-0.05, 0) is 24.8 Å². The fourth-order valence-corrected chi connectivity index (χ4v) is 13.3. The molecule has 0 radical (unpaired) electrons. The lowest BCUT2D eigenvalue weighted by atomic mass is 9.32. The number of fused-ring (bicyclic) bond motifs is 4. The molecule has 3 aliphatic heterocycles. The van der Waals surface area contributed by atoms with E-state index in [4.69, 9.17) is 42.3 Å². The zero-order valence-corrected chi connectivity index (χ0v) is 33.4. The van der Waals surface area contributed by atoms with E-state index in [-0.39, 0.29) is 19.3 Å². The third-order valence-electron chi connectivity index (χ3n) is 14.9. The molecule has 4 heterocycles. The van der Waals surface area contributed by atoms with Crippen LogP contribution in [0, 0.1) is 34.0 Å². The Kier molecular flexibility index (Phi) is 8.37. The van der Waals surface area contributed by atoms with Crippen molar-refractivity contribution in [3.05, 3.63) is 24.2 Å². The van der Waals surface area contributed by atoms with E-state index in [0.29, 0.717) is 5.56 Å². The van der Waals surface area contributed by atoms with Crippen molar-refractivity contribution in [1.82, 2.24) is 0 Å². The molecule has 7 fully saturated rings. The summed E-state index contributed by atoms with van der Waals surface area (Å²) in [5.41, 5.74) is -14.8. The lowest BCUT2D eigenvalue weighted by Gasteiger charge is -2.77. The summed E-state index contributed by atoms with van der Waals surface area (Å²) in [6, 6.07) is 1.55. The van der Waals surface area contributed by atoms with Crippen LogP contribution in [0.2, 0.25) is 0 Å². The molecule has 2 N–H and O–H groups in total. The maximum atomic E-state index is 14.6. The van der Waals surface area contributed by atoms with Crippen molar-refractivity contribution in [3.8, 4) is 0 Å². The highest BCUT2D eigenvalue weighted by Gasteiger charge is 3.05. The van der Waals surface area contributed by atoms with Gasteiger partial charge in [0.2, 0.25) is 5.60 Å². The SMILES string of the molecule is CCC12CC3C(C)(C(OC(C)=O)c4ccoc4)C(OC(=O)C(C)C)C(OC(C)=O)C4(O)C3(O1)C(O2)C1(OC(C)=O)C(OC(C)=O)C2(C)CC1(O)C41COC(=O)CC21. The molecule has 312 valence electrons. The third kappa shape index (κ3) is 4.33. The third-order valence-corrected chi connectivity index (χ3v) is 14.9. The first-order valence-corrected chi connectivity index (χ1v) is 19.4. The predicted molar refractivity (Wildman–Crippen MR) is 186 cm³/mol. The van der Waals surface area contributed by atoms with Crippen LogP contribution in [0.25, 0.3) is 0 Å². The number of carbonyl (C=O) groups is 6. The molecular formula is C40H50O17. The van der Waals surface area contributed by atoms with E-state index < -0.39 is 142 Å². The first kappa shape index (κ1) is 39.8. The standard InChI is InChI=1S/C40H50O17/c1-10-35-14-25-34(9,27(51-19(4)41)23-11-12-49-15-23)28(54-30(46)18(2)3)29(52-20(5)42)40(48)36-17-50-26(45)13-24(36)33(8)16-37(36,47)39(55-22(7)44,31(33)53-21(6)43)32(56-35)38(25,40)57-35/h11-12,15,18,24-25,27-29,31-32,47-48H,10,13-14,16-17H2,1-9H3. The van der Waals surface area contributed by atoms with E-state index in [1.54, 1.807) is 40.7 Å². The summed E-state index contributed by atoms with van der Waals surface area (Å²) in [7, 11) is 0. The van der Waals surface area contributed by atoms with Gasteiger partial charge in [0, 0.05) is 57.4 Å². The molecule has 7 aliphatic rings. The van der Waals surface area contributed by atoms with Gasteiger partial charge in [-0.3, -0.25) is 28.8 Å². The minimum Gasteiger partial charge on any atom is -0.472 e. The number of aliphatic hydroxyl groups is 2. The summed E-state index contributed by atoms with van der Waals surface area (Å²) in [6.45, 7) is 12.1. The quantitative estimate of drug-likeness (QED) is 0.270. The molecule has 15 unspecified atom stereocenters. The van der Waals surface area contributed by atoms with Gasteiger partial charge in [0.1, 0.15) is 35.6 Å². The number of carbonyl (C=O) groups excluding carboxylic acids is 6. The minimum atomic E-state index is -2.73. The van der Waals surface area contributed by atoms with Gasteiger partial charge in [0.15, 0.2) is 24.1 Å². The van der Waals surface area contributed by atoms with Gasteiger partial charge in [-0.25, -0.2) is 0 Å². The van der Waals surface area contributed by atoms with Crippen LogP contribution >= 0.6 is 0 Å². The summed E-state index contributed by atoms with van der Waals surface area (Å²) >= 11 is 0. The summed E-state index contributed by atoms with van der Waals surface area (Å²) in [4.78, 5) is 80.9. The highest BCUT2D eigenvalue weighted by atomic mass is 16.8. The highest BCUT2D eigenvalue weighted by Crippen LogP contribution is 2.88. The van der Waals surface area contributed by atoms with Gasteiger partial charge in [0.05, 0.1) is 29.3 Å². The van der Waals surface area contributed by atoms with Crippen molar-refractivity contribution < 1.29 is 81.3 Å². The Balaban J connectivity index is 1.55. The van der Waals surface area contributed by atoms with Crippen molar-refractivity contribution >= 4 is 35.8 Å². The van der Waals surface area contributed by atoms with E-state index >= 15 is 0 Å². The molecule has 17 heteroatoms. The number of hydrogen-bond donors (Lipinski definition) is 2. The molecule has 2 spiro atoms. The Morgan fingerprint density at radius 1 is 0.930 bits per heavy atom. The average Bonchev–Trinajstić information content (AvgIpc) is 3.92. The van der Waals surface area contributed by atoms with E-state index in [2.05, 4.69) is 0 Å². The van der Waals surface area contributed by atoms with Crippen LogP contribution in [-0.2, 0) is 66.7 Å². The highest BCUT2D eigenvalue weighted by molar-refractivity contribution is 5.75. The van der Waals surface area contributed by atoms with E-state index in [1.807, 2.05) is 0 Å². The maximum Gasteiger partial charge on any atom is 0.308 e. The number of ether oxygens (including phenoxy) is 8. The van der Waals surface area contributed by atoms with Crippen LogP contribution in [0.3, 0.4) is 0 Å². The van der Waals surface area contributed by atoms with E-state index in [9.17, 15) is 39.0 Å². The van der Waals surface area contributed by atoms with Crippen molar-refractivity contribution in [3.63, 3.8) is 0 Å². The second kappa shape index (κ2) is 12.0. The average molecular weight is 803 g/mol. The first-order chi connectivity index (χ1) is 26.5. The topological polar surface area (TPSA) is 230 Å². The van der Waals surface area contributed by atoms with Crippen molar-refractivity contribution in [2.45, 2.75) is 147 Å². The van der Waals surface area contributed by atoms with Gasteiger partial charge < -0.3 is 52.5 Å². The van der Waals surface area contributed by atoms with Crippen LogP contribution in [0.5, 0.6) is 0 Å². The molecule has 0 aromatic carbocycles. The zero-order chi connectivity index (χ0) is 41.7. The van der Waals surface area contributed by atoms with Gasteiger partial charge in [0.25, 0.3) is 0 Å². The Morgan fingerprint density at radius 3 is 2.18 bits per heavy atom. The van der Waals surface area contributed by atoms with E-state index in [1.165, 1.54) is 19.5 Å². The summed E-state index contributed by atoms with van der Waals surface area (Å²) in [6.07, 6.45) is -6.23. The largest absolute Gasteiger partial charge is 0.472 e. The second-order valence-corrected chi connectivity index (χ2v) is 17.9. The lowest BCUT2D eigenvalue weighted by Crippen LogP contribution is -2.98. The Labute approximate surface area is 328 Å². The Hall–Kier alpha value is -4.06. The zero-order valence-electron chi connectivity index (χ0n) is 33.4. The molecular weight excluding hydrogens is 752 g/mol. The molecule has 15 atom stereocenters. The maximum absolute atomic E-state index is 14.6. The van der Waals surface area contributed by atoms with Crippen LogP contribution in [-0.4, -0.2) is 105 Å². The molecule has 4 saturated carbocycles. The van der Waals surface area contributed by atoms with Crippen molar-refractivity contribution in [2.24, 2.45) is 34.0 Å². The molecule has 17 nitrogen and oxygen atoms in total. The molecule has 1 aromatic rings. The smallest absolute Gasteiger partial charge is 0.308 e. The van der Waals surface area contributed by atoms with E-state index in [0.717, 1.165) is 20.8 Å². The Bertz CT molecular complexity index is 1950. The fourth-order valence-electron chi connectivity index (χ4n) is 13.3. The molecule has 4 bridgehead atoms. The predicted octanol–water partition coefficient (Wildman–Crippen LogP) is 2.37. The summed E-state index contributed by atoms with van der Waals surface area (Å²) in [5, 5.41) is 28.5. The lowest BCUT2D eigenvalue weighted by molar-refractivity contribution is -0.449.